The van der Waals surface area contributed by atoms with E-state index < -0.39 is 0 Å². The number of furan rings is 1. The fourth-order valence-corrected chi connectivity index (χ4v) is 3.16. The predicted molar refractivity (Wildman–Crippen MR) is 90.5 cm³/mol. The second-order valence-electron chi connectivity index (χ2n) is 5.11. The molecule has 108 valence electrons. The van der Waals surface area contributed by atoms with Crippen LogP contribution in [0.1, 0.15) is 30.5 Å². The highest BCUT2D eigenvalue weighted by molar-refractivity contribution is 9.10. The maximum atomic E-state index is 5.44. The standard InChI is InChI=1S/C18H18BrNO/c1-2-11-20-17(16-10-12-21-18(16)19)15-9-5-7-13-6-3-4-8-14(13)15/h3-10,12,17,20H,2,11H2,1H3. The number of halogens is 1. The third kappa shape index (κ3) is 2.89. The molecule has 0 aliphatic heterocycles. The Morgan fingerprint density at radius 3 is 2.62 bits per heavy atom. The molecule has 0 aliphatic rings. The lowest BCUT2D eigenvalue weighted by molar-refractivity contribution is 0.524. The normalized spacial score (nSPS) is 12.7. The third-order valence-corrected chi connectivity index (χ3v) is 4.33. The molecule has 0 amide bonds. The Hall–Kier alpha value is -1.58. The van der Waals surface area contributed by atoms with Gasteiger partial charge in [0, 0.05) is 5.56 Å². The van der Waals surface area contributed by atoms with Crippen molar-refractivity contribution in [1.82, 2.24) is 5.32 Å². The van der Waals surface area contributed by atoms with E-state index >= 15 is 0 Å². The van der Waals surface area contributed by atoms with Crippen LogP contribution in [0.5, 0.6) is 0 Å². The highest BCUT2D eigenvalue weighted by Gasteiger charge is 2.19. The molecule has 0 spiro atoms. The summed E-state index contributed by atoms with van der Waals surface area (Å²) in [6.45, 7) is 3.14. The molecule has 1 unspecified atom stereocenters. The summed E-state index contributed by atoms with van der Waals surface area (Å²) in [5, 5.41) is 6.17. The highest BCUT2D eigenvalue weighted by Crippen LogP contribution is 2.33. The van der Waals surface area contributed by atoms with Gasteiger partial charge in [-0.3, -0.25) is 0 Å². The van der Waals surface area contributed by atoms with Crippen molar-refractivity contribution in [2.24, 2.45) is 0 Å². The molecular weight excluding hydrogens is 326 g/mol. The van der Waals surface area contributed by atoms with Crippen molar-refractivity contribution >= 4 is 26.7 Å². The summed E-state index contributed by atoms with van der Waals surface area (Å²) in [6.07, 6.45) is 2.82. The molecule has 21 heavy (non-hydrogen) atoms. The molecule has 3 rings (SSSR count). The molecule has 0 bridgehead atoms. The maximum absolute atomic E-state index is 5.44. The van der Waals surface area contributed by atoms with Gasteiger partial charge in [0.1, 0.15) is 0 Å². The van der Waals surface area contributed by atoms with Gasteiger partial charge in [-0.15, -0.1) is 0 Å². The molecule has 1 atom stereocenters. The van der Waals surface area contributed by atoms with Crippen LogP contribution in [0.2, 0.25) is 0 Å². The van der Waals surface area contributed by atoms with E-state index in [-0.39, 0.29) is 6.04 Å². The van der Waals surface area contributed by atoms with Crippen LogP contribution in [0.3, 0.4) is 0 Å². The second kappa shape index (κ2) is 6.46. The molecule has 1 heterocycles. The first-order valence-electron chi connectivity index (χ1n) is 7.25. The van der Waals surface area contributed by atoms with Crippen molar-refractivity contribution in [3.63, 3.8) is 0 Å². The lowest BCUT2D eigenvalue weighted by Crippen LogP contribution is -2.23. The van der Waals surface area contributed by atoms with Gasteiger partial charge in [0.15, 0.2) is 4.67 Å². The van der Waals surface area contributed by atoms with Gasteiger partial charge in [0.2, 0.25) is 0 Å². The quantitative estimate of drug-likeness (QED) is 0.681. The summed E-state index contributed by atoms with van der Waals surface area (Å²) in [5.41, 5.74) is 2.42. The fourth-order valence-electron chi connectivity index (χ4n) is 2.69. The molecule has 1 N–H and O–H groups in total. The predicted octanol–water partition coefficient (Wildman–Crippen LogP) is 5.28. The van der Waals surface area contributed by atoms with E-state index in [9.17, 15) is 0 Å². The number of benzene rings is 2. The van der Waals surface area contributed by atoms with E-state index in [1.54, 1.807) is 6.26 Å². The molecule has 0 fully saturated rings. The third-order valence-electron chi connectivity index (χ3n) is 3.69. The van der Waals surface area contributed by atoms with Crippen LogP contribution in [0.25, 0.3) is 10.8 Å². The van der Waals surface area contributed by atoms with Crippen molar-refractivity contribution in [3.05, 3.63) is 70.6 Å². The fraction of sp³-hybridized carbons (Fsp3) is 0.222. The molecule has 3 heteroatoms. The lowest BCUT2D eigenvalue weighted by Gasteiger charge is -2.20. The topological polar surface area (TPSA) is 25.2 Å². The minimum atomic E-state index is 0.129. The van der Waals surface area contributed by atoms with E-state index in [0.717, 1.165) is 23.2 Å². The Morgan fingerprint density at radius 2 is 1.86 bits per heavy atom. The van der Waals surface area contributed by atoms with Gasteiger partial charge in [-0.25, -0.2) is 0 Å². The van der Waals surface area contributed by atoms with Gasteiger partial charge in [0.05, 0.1) is 12.3 Å². The van der Waals surface area contributed by atoms with E-state index in [1.807, 2.05) is 6.07 Å². The SMILES string of the molecule is CCCNC(c1ccoc1Br)c1cccc2ccccc12. The average molecular weight is 344 g/mol. The number of nitrogens with one attached hydrogen (secondary N) is 1. The van der Waals surface area contributed by atoms with Crippen LogP contribution in [0, 0.1) is 0 Å². The van der Waals surface area contributed by atoms with Gasteiger partial charge in [-0.1, -0.05) is 49.4 Å². The maximum Gasteiger partial charge on any atom is 0.174 e. The van der Waals surface area contributed by atoms with Crippen LogP contribution in [-0.4, -0.2) is 6.54 Å². The van der Waals surface area contributed by atoms with Crippen LogP contribution < -0.4 is 5.32 Å². The molecule has 0 saturated carbocycles. The minimum absolute atomic E-state index is 0.129. The van der Waals surface area contributed by atoms with Crippen LogP contribution >= 0.6 is 15.9 Å². The van der Waals surface area contributed by atoms with E-state index in [2.05, 4.69) is 70.6 Å². The minimum Gasteiger partial charge on any atom is -0.457 e. The summed E-state index contributed by atoms with van der Waals surface area (Å²) in [6, 6.07) is 17.1. The van der Waals surface area contributed by atoms with Crippen LogP contribution in [0.15, 0.2) is 63.9 Å². The zero-order valence-electron chi connectivity index (χ0n) is 12.0. The molecule has 2 aromatic carbocycles. The molecule has 3 aromatic rings. The first-order valence-corrected chi connectivity index (χ1v) is 8.04. The van der Waals surface area contributed by atoms with Crippen LogP contribution in [-0.2, 0) is 0 Å². The Labute approximate surface area is 133 Å². The van der Waals surface area contributed by atoms with Gasteiger partial charge in [0.25, 0.3) is 0 Å². The van der Waals surface area contributed by atoms with E-state index in [0.29, 0.717) is 0 Å². The monoisotopic (exact) mass is 343 g/mol. The largest absolute Gasteiger partial charge is 0.457 e. The summed E-state index contributed by atoms with van der Waals surface area (Å²) in [7, 11) is 0. The summed E-state index contributed by atoms with van der Waals surface area (Å²) in [5.74, 6) is 0. The van der Waals surface area contributed by atoms with Gasteiger partial charge < -0.3 is 9.73 Å². The van der Waals surface area contributed by atoms with Crippen molar-refractivity contribution in [2.75, 3.05) is 6.54 Å². The zero-order valence-corrected chi connectivity index (χ0v) is 13.6. The molecule has 0 radical (unpaired) electrons. The molecular formula is C18H18BrNO. The number of fused-ring (bicyclic) bond motifs is 1. The average Bonchev–Trinajstić information content (AvgIpc) is 2.94. The summed E-state index contributed by atoms with van der Waals surface area (Å²) in [4.78, 5) is 0. The van der Waals surface area contributed by atoms with Gasteiger partial charge >= 0.3 is 0 Å². The molecule has 0 saturated heterocycles. The highest BCUT2D eigenvalue weighted by atomic mass is 79.9. The van der Waals surface area contributed by atoms with Crippen molar-refractivity contribution in [3.8, 4) is 0 Å². The Kier molecular flexibility index (Phi) is 4.42. The Bertz CT molecular complexity index is 729. The summed E-state index contributed by atoms with van der Waals surface area (Å²) >= 11 is 3.51. The Balaban J connectivity index is 2.12. The first-order chi connectivity index (χ1) is 10.3. The lowest BCUT2D eigenvalue weighted by atomic mass is 9.95. The van der Waals surface area contributed by atoms with E-state index in [1.165, 1.54) is 16.3 Å². The number of rotatable bonds is 5. The summed E-state index contributed by atoms with van der Waals surface area (Å²) < 4.78 is 6.23. The second-order valence-corrected chi connectivity index (χ2v) is 5.83. The van der Waals surface area contributed by atoms with Gasteiger partial charge in [-0.2, -0.15) is 0 Å². The Morgan fingerprint density at radius 1 is 1.05 bits per heavy atom. The van der Waals surface area contributed by atoms with Gasteiger partial charge in [-0.05, 0) is 51.3 Å². The molecule has 2 nitrogen and oxygen atoms in total. The zero-order chi connectivity index (χ0) is 14.7. The molecule has 1 aromatic heterocycles. The van der Waals surface area contributed by atoms with Crippen molar-refractivity contribution < 1.29 is 4.42 Å². The smallest absolute Gasteiger partial charge is 0.174 e. The number of hydrogen-bond acceptors (Lipinski definition) is 2. The van der Waals surface area contributed by atoms with Crippen molar-refractivity contribution in [2.45, 2.75) is 19.4 Å². The van der Waals surface area contributed by atoms with E-state index in [4.69, 9.17) is 4.42 Å². The number of hydrogen-bond donors (Lipinski definition) is 1. The van der Waals surface area contributed by atoms with Crippen LogP contribution in [0.4, 0.5) is 0 Å². The van der Waals surface area contributed by atoms with Crippen molar-refractivity contribution in [1.29, 1.82) is 0 Å². The first kappa shape index (κ1) is 14.4. The molecule has 0 aliphatic carbocycles.